The maximum atomic E-state index is 12.1. The quantitative estimate of drug-likeness (QED) is 0.791. The average Bonchev–Trinajstić information content (AvgIpc) is 2.35. The van der Waals surface area contributed by atoms with Gasteiger partial charge in [-0.1, -0.05) is 0 Å². The summed E-state index contributed by atoms with van der Waals surface area (Å²) in [4.78, 5) is 28.4. The number of rotatable bonds is 4. The first-order valence-electron chi connectivity index (χ1n) is 6.29. The smallest absolute Gasteiger partial charge is 0.319 e. The molecule has 1 saturated heterocycles. The molecule has 6 nitrogen and oxygen atoms in total. The average molecular weight is 257 g/mol. The van der Waals surface area contributed by atoms with Crippen molar-refractivity contribution in [1.82, 2.24) is 14.7 Å². The first-order valence-corrected chi connectivity index (χ1v) is 6.29. The summed E-state index contributed by atoms with van der Waals surface area (Å²) in [6.45, 7) is 2.60. The summed E-state index contributed by atoms with van der Waals surface area (Å²) in [5.74, 6) is -1.04. The van der Waals surface area contributed by atoms with Crippen LogP contribution in [0, 0.1) is 5.92 Å². The Balaban J connectivity index is 2.37. The molecule has 0 aromatic rings. The number of hydrogen-bond donors (Lipinski definition) is 1. The second-order valence-corrected chi connectivity index (χ2v) is 5.11. The third kappa shape index (κ3) is 4.18. The largest absolute Gasteiger partial charge is 0.481 e. The molecule has 0 aromatic carbocycles. The second-order valence-electron chi connectivity index (χ2n) is 5.11. The van der Waals surface area contributed by atoms with Gasteiger partial charge in [-0.25, -0.2) is 4.79 Å². The zero-order valence-electron chi connectivity index (χ0n) is 11.4. The van der Waals surface area contributed by atoms with E-state index in [4.69, 9.17) is 5.11 Å². The van der Waals surface area contributed by atoms with Crippen molar-refractivity contribution < 1.29 is 14.7 Å². The molecule has 1 aliphatic rings. The van der Waals surface area contributed by atoms with Gasteiger partial charge in [-0.15, -0.1) is 0 Å². The number of nitrogens with zero attached hydrogens (tertiary/aromatic N) is 3. The highest BCUT2D eigenvalue weighted by atomic mass is 16.4. The van der Waals surface area contributed by atoms with Crippen molar-refractivity contribution >= 4 is 12.0 Å². The standard InChI is InChI=1S/C12H23N3O3/c1-13(2)8-9-14(3)12(18)15-6-4-10(5-7-15)11(16)17/h10H,4-9H2,1-3H3,(H,16,17). The molecule has 1 N–H and O–H groups in total. The number of piperidine rings is 1. The SMILES string of the molecule is CN(C)CCN(C)C(=O)N1CCC(C(=O)O)CC1. The van der Waals surface area contributed by atoms with E-state index >= 15 is 0 Å². The first-order chi connectivity index (χ1) is 8.41. The van der Waals surface area contributed by atoms with Crippen LogP contribution in [0.1, 0.15) is 12.8 Å². The highest BCUT2D eigenvalue weighted by Gasteiger charge is 2.28. The third-order valence-electron chi connectivity index (χ3n) is 3.32. The van der Waals surface area contributed by atoms with E-state index in [1.165, 1.54) is 0 Å². The van der Waals surface area contributed by atoms with Crippen LogP contribution in [0.15, 0.2) is 0 Å². The molecule has 2 amide bonds. The highest BCUT2D eigenvalue weighted by Crippen LogP contribution is 2.18. The van der Waals surface area contributed by atoms with Crippen molar-refractivity contribution in [3.05, 3.63) is 0 Å². The molecule has 0 aliphatic carbocycles. The molecule has 1 heterocycles. The van der Waals surface area contributed by atoms with Crippen LogP contribution >= 0.6 is 0 Å². The minimum atomic E-state index is -0.747. The summed E-state index contributed by atoms with van der Waals surface area (Å²) in [5.41, 5.74) is 0. The van der Waals surface area contributed by atoms with E-state index in [1.807, 2.05) is 19.0 Å². The molecule has 6 heteroatoms. The lowest BCUT2D eigenvalue weighted by atomic mass is 9.97. The number of amides is 2. The van der Waals surface area contributed by atoms with Gasteiger partial charge in [-0.2, -0.15) is 0 Å². The number of carbonyl (C=O) groups is 2. The van der Waals surface area contributed by atoms with Crippen LogP contribution in [-0.4, -0.2) is 79.1 Å². The van der Waals surface area contributed by atoms with E-state index in [2.05, 4.69) is 0 Å². The molecule has 0 spiro atoms. The van der Waals surface area contributed by atoms with Crippen LogP contribution in [0.3, 0.4) is 0 Å². The summed E-state index contributed by atoms with van der Waals surface area (Å²) in [7, 11) is 5.72. The first kappa shape index (κ1) is 14.8. The molecule has 104 valence electrons. The van der Waals surface area contributed by atoms with Gasteiger partial charge in [0, 0.05) is 33.2 Å². The minimum Gasteiger partial charge on any atom is -0.481 e. The van der Waals surface area contributed by atoms with Crippen LogP contribution in [-0.2, 0) is 4.79 Å². The molecule has 18 heavy (non-hydrogen) atoms. The summed E-state index contributed by atoms with van der Waals surface area (Å²) in [6.07, 6.45) is 1.12. The van der Waals surface area contributed by atoms with Crippen molar-refractivity contribution in [3.63, 3.8) is 0 Å². The normalized spacial score (nSPS) is 17.0. The molecular weight excluding hydrogens is 234 g/mol. The van der Waals surface area contributed by atoms with Crippen molar-refractivity contribution in [2.45, 2.75) is 12.8 Å². The molecule has 1 rings (SSSR count). The number of aliphatic carboxylic acids is 1. The van der Waals surface area contributed by atoms with Crippen LogP contribution in [0.5, 0.6) is 0 Å². The summed E-state index contributed by atoms with van der Waals surface area (Å²) < 4.78 is 0. The van der Waals surface area contributed by atoms with E-state index in [9.17, 15) is 9.59 Å². The van der Waals surface area contributed by atoms with E-state index < -0.39 is 5.97 Å². The van der Waals surface area contributed by atoms with Crippen LogP contribution in [0.25, 0.3) is 0 Å². The second kappa shape index (κ2) is 6.58. The Hall–Kier alpha value is -1.30. The number of urea groups is 1. The molecule has 0 radical (unpaired) electrons. The Morgan fingerprint density at radius 3 is 2.17 bits per heavy atom. The maximum Gasteiger partial charge on any atom is 0.319 e. The van der Waals surface area contributed by atoms with Crippen LogP contribution in [0.4, 0.5) is 4.79 Å². The van der Waals surface area contributed by atoms with E-state index in [-0.39, 0.29) is 11.9 Å². The fourth-order valence-corrected chi connectivity index (χ4v) is 2.00. The molecule has 0 atom stereocenters. The Bertz CT molecular complexity index is 299. The van der Waals surface area contributed by atoms with Gasteiger partial charge in [0.15, 0.2) is 0 Å². The number of hydrogen-bond acceptors (Lipinski definition) is 3. The van der Waals surface area contributed by atoms with Crippen LogP contribution in [0.2, 0.25) is 0 Å². The van der Waals surface area contributed by atoms with E-state index in [0.717, 1.165) is 6.54 Å². The molecule has 0 aromatic heterocycles. The van der Waals surface area contributed by atoms with Gasteiger partial charge in [0.05, 0.1) is 5.92 Å². The van der Waals surface area contributed by atoms with E-state index in [0.29, 0.717) is 32.5 Å². The number of carbonyl (C=O) groups excluding carboxylic acids is 1. The van der Waals surface area contributed by atoms with E-state index in [1.54, 1.807) is 16.8 Å². The molecule has 1 fully saturated rings. The van der Waals surface area contributed by atoms with Gasteiger partial charge >= 0.3 is 12.0 Å². The maximum absolute atomic E-state index is 12.1. The third-order valence-corrected chi connectivity index (χ3v) is 3.32. The van der Waals surface area contributed by atoms with Gasteiger partial charge in [0.2, 0.25) is 0 Å². The summed E-state index contributed by atoms with van der Waals surface area (Å²) in [5, 5.41) is 8.90. The fourth-order valence-electron chi connectivity index (χ4n) is 2.00. The fraction of sp³-hybridized carbons (Fsp3) is 0.833. The molecular formula is C12H23N3O3. The van der Waals surface area contributed by atoms with Crippen molar-refractivity contribution in [1.29, 1.82) is 0 Å². The lowest BCUT2D eigenvalue weighted by Crippen LogP contribution is -2.47. The zero-order valence-corrected chi connectivity index (χ0v) is 11.4. The Morgan fingerprint density at radius 2 is 1.72 bits per heavy atom. The Morgan fingerprint density at radius 1 is 1.17 bits per heavy atom. The van der Waals surface area contributed by atoms with Gasteiger partial charge < -0.3 is 19.8 Å². The Kier molecular flexibility index (Phi) is 5.40. The molecule has 0 bridgehead atoms. The summed E-state index contributed by atoms with van der Waals surface area (Å²) in [6, 6.07) is 0.000638. The molecule has 1 aliphatic heterocycles. The Labute approximate surface area is 108 Å². The van der Waals surface area contributed by atoms with Crippen molar-refractivity contribution in [2.75, 3.05) is 47.3 Å². The number of likely N-dealkylation sites (N-methyl/N-ethyl adjacent to an activating group) is 2. The minimum absolute atomic E-state index is 0.000638. The van der Waals surface area contributed by atoms with Crippen molar-refractivity contribution in [2.24, 2.45) is 5.92 Å². The summed E-state index contributed by atoms with van der Waals surface area (Å²) >= 11 is 0. The monoisotopic (exact) mass is 257 g/mol. The van der Waals surface area contributed by atoms with Gasteiger partial charge in [-0.05, 0) is 26.9 Å². The highest BCUT2D eigenvalue weighted by molar-refractivity contribution is 5.75. The van der Waals surface area contributed by atoms with Gasteiger partial charge in [-0.3, -0.25) is 4.79 Å². The number of likely N-dealkylation sites (tertiary alicyclic amines) is 1. The predicted molar refractivity (Wildman–Crippen MR) is 68.5 cm³/mol. The lowest BCUT2D eigenvalue weighted by Gasteiger charge is -2.33. The number of carboxylic acid groups (broad SMARTS) is 1. The topological polar surface area (TPSA) is 64.1 Å². The molecule has 0 saturated carbocycles. The predicted octanol–water partition coefficient (Wildman–Crippen LogP) is 0.396. The van der Waals surface area contributed by atoms with Gasteiger partial charge in [0.25, 0.3) is 0 Å². The van der Waals surface area contributed by atoms with Crippen molar-refractivity contribution in [3.8, 4) is 0 Å². The number of carboxylic acids is 1. The molecule has 0 unspecified atom stereocenters. The van der Waals surface area contributed by atoms with Crippen LogP contribution < -0.4 is 0 Å². The lowest BCUT2D eigenvalue weighted by molar-refractivity contribution is -0.143. The van der Waals surface area contributed by atoms with Gasteiger partial charge in [0.1, 0.15) is 0 Å². The zero-order chi connectivity index (χ0) is 13.7.